The molecule has 0 aliphatic heterocycles. The van der Waals surface area contributed by atoms with Crippen molar-refractivity contribution in [3.05, 3.63) is 33.7 Å². The lowest BCUT2D eigenvalue weighted by molar-refractivity contribution is 1.15. The highest BCUT2D eigenvalue weighted by molar-refractivity contribution is 5.14. The highest BCUT2D eigenvalue weighted by atomic mass is 16.1. The number of hydrogen-bond donors (Lipinski definition) is 1. The maximum Gasteiger partial charge on any atom is 0.250 e. The predicted molar refractivity (Wildman–Crippen MR) is 59.2 cm³/mol. The summed E-state index contributed by atoms with van der Waals surface area (Å²) < 4.78 is 0. The van der Waals surface area contributed by atoms with Crippen molar-refractivity contribution >= 4 is 0 Å². The van der Waals surface area contributed by atoms with Gasteiger partial charge >= 0.3 is 0 Å². The Bertz CT molecular complexity index is 263. The minimum atomic E-state index is 0.000556. The van der Waals surface area contributed by atoms with E-state index in [2.05, 4.69) is 4.98 Å². The summed E-state index contributed by atoms with van der Waals surface area (Å²) in [4.78, 5) is 13.3. The van der Waals surface area contributed by atoms with Crippen molar-refractivity contribution in [1.29, 1.82) is 0 Å². The monoisotopic (exact) mass is 183 g/mol. The van der Waals surface area contributed by atoms with Gasteiger partial charge in [0.1, 0.15) is 0 Å². The molecule has 0 fully saturated rings. The van der Waals surface area contributed by atoms with Crippen molar-refractivity contribution < 1.29 is 0 Å². The molecule has 1 aromatic heterocycles. The van der Waals surface area contributed by atoms with Gasteiger partial charge in [-0.15, -0.1) is 0 Å². The minimum Gasteiger partial charge on any atom is -0.329 e. The van der Waals surface area contributed by atoms with Gasteiger partial charge in [-0.1, -0.05) is 27.7 Å². The molecule has 0 spiro atoms. The third-order valence-corrected chi connectivity index (χ3v) is 1.23. The SMILES string of the molecule is CC.CC.Cc1c[nH]c(=O)c(C)c1. The second-order valence-electron chi connectivity index (χ2n) is 2.19. The number of nitrogens with one attached hydrogen (secondary N) is 1. The van der Waals surface area contributed by atoms with E-state index in [0.717, 1.165) is 11.1 Å². The maximum absolute atomic E-state index is 10.7. The molecule has 0 radical (unpaired) electrons. The van der Waals surface area contributed by atoms with E-state index in [-0.39, 0.29) is 5.56 Å². The van der Waals surface area contributed by atoms with Gasteiger partial charge in [0.05, 0.1) is 0 Å². The molecule has 0 saturated heterocycles. The minimum absolute atomic E-state index is 0.000556. The van der Waals surface area contributed by atoms with Crippen LogP contribution in [0.2, 0.25) is 0 Å². The van der Waals surface area contributed by atoms with Crippen molar-refractivity contribution in [1.82, 2.24) is 4.98 Å². The number of aromatic nitrogens is 1. The first kappa shape index (κ1) is 14.5. The first-order valence-corrected chi connectivity index (χ1v) is 4.86. The number of hydrogen-bond acceptors (Lipinski definition) is 1. The van der Waals surface area contributed by atoms with Crippen LogP contribution in [0, 0.1) is 13.8 Å². The van der Waals surface area contributed by atoms with E-state index in [1.807, 2.05) is 40.7 Å². The van der Waals surface area contributed by atoms with Gasteiger partial charge < -0.3 is 4.98 Å². The quantitative estimate of drug-likeness (QED) is 0.659. The summed E-state index contributed by atoms with van der Waals surface area (Å²) in [6.07, 6.45) is 1.70. The summed E-state index contributed by atoms with van der Waals surface area (Å²) in [5.74, 6) is 0. The van der Waals surface area contributed by atoms with Gasteiger partial charge in [-0.25, -0.2) is 0 Å². The van der Waals surface area contributed by atoms with Crippen molar-refractivity contribution in [3.8, 4) is 0 Å². The Morgan fingerprint density at radius 3 is 1.85 bits per heavy atom. The maximum atomic E-state index is 10.7. The van der Waals surface area contributed by atoms with Crippen LogP contribution < -0.4 is 5.56 Å². The van der Waals surface area contributed by atoms with Gasteiger partial charge in [-0.05, 0) is 25.5 Å². The molecule has 1 rings (SSSR count). The van der Waals surface area contributed by atoms with E-state index in [1.165, 1.54) is 0 Å². The van der Waals surface area contributed by atoms with Gasteiger partial charge in [0.15, 0.2) is 0 Å². The standard InChI is InChI=1S/C7H9NO.2C2H6/c1-5-3-6(2)7(9)8-4-5;2*1-2/h3-4H,1-2H3,(H,8,9);2*1-2H3. The molecule has 0 aromatic carbocycles. The van der Waals surface area contributed by atoms with Gasteiger partial charge in [-0.2, -0.15) is 0 Å². The number of H-pyrrole nitrogens is 1. The van der Waals surface area contributed by atoms with E-state index in [1.54, 1.807) is 13.1 Å². The van der Waals surface area contributed by atoms with Crippen LogP contribution in [0.15, 0.2) is 17.1 Å². The molecule has 1 aromatic rings. The number of rotatable bonds is 0. The molecule has 13 heavy (non-hydrogen) atoms. The first-order chi connectivity index (χ1) is 6.20. The summed E-state index contributed by atoms with van der Waals surface area (Å²) in [7, 11) is 0. The fourth-order valence-corrected chi connectivity index (χ4v) is 0.742. The Balaban J connectivity index is 0. The lowest BCUT2D eigenvalue weighted by Crippen LogP contribution is -2.07. The zero-order valence-corrected chi connectivity index (χ0v) is 9.56. The van der Waals surface area contributed by atoms with Crippen molar-refractivity contribution in [2.24, 2.45) is 0 Å². The van der Waals surface area contributed by atoms with Crippen LogP contribution in [0.3, 0.4) is 0 Å². The van der Waals surface area contributed by atoms with Crippen LogP contribution in [-0.4, -0.2) is 4.98 Å². The first-order valence-electron chi connectivity index (χ1n) is 4.86. The third-order valence-electron chi connectivity index (χ3n) is 1.23. The Labute approximate surface area is 81.0 Å². The molecule has 1 N–H and O–H groups in total. The Morgan fingerprint density at radius 2 is 1.54 bits per heavy atom. The molecule has 0 unspecified atom stereocenters. The molecular weight excluding hydrogens is 162 g/mol. The van der Waals surface area contributed by atoms with Crippen molar-refractivity contribution in [2.45, 2.75) is 41.5 Å². The molecule has 0 saturated carbocycles. The Kier molecular flexibility index (Phi) is 10.1. The van der Waals surface area contributed by atoms with Gasteiger partial charge in [0.25, 0.3) is 5.56 Å². The van der Waals surface area contributed by atoms with Crippen LogP contribution in [0.5, 0.6) is 0 Å². The fourth-order valence-electron chi connectivity index (χ4n) is 0.742. The van der Waals surface area contributed by atoms with Crippen LogP contribution in [0.25, 0.3) is 0 Å². The van der Waals surface area contributed by atoms with Gasteiger partial charge in [0, 0.05) is 11.8 Å². The third kappa shape index (κ3) is 6.14. The Morgan fingerprint density at radius 1 is 1.08 bits per heavy atom. The highest BCUT2D eigenvalue weighted by Gasteiger charge is 1.89. The molecule has 2 heteroatoms. The number of pyridine rings is 1. The topological polar surface area (TPSA) is 32.9 Å². The smallest absolute Gasteiger partial charge is 0.250 e. The fraction of sp³-hybridized carbons (Fsp3) is 0.545. The predicted octanol–water partition coefficient (Wildman–Crippen LogP) is 3.04. The largest absolute Gasteiger partial charge is 0.329 e. The number of aryl methyl sites for hydroxylation is 2. The van der Waals surface area contributed by atoms with Crippen molar-refractivity contribution in [2.75, 3.05) is 0 Å². The van der Waals surface area contributed by atoms with E-state index < -0.39 is 0 Å². The molecule has 1 heterocycles. The lowest BCUT2D eigenvalue weighted by Gasteiger charge is -1.91. The zero-order valence-electron chi connectivity index (χ0n) is 9.56. The van der Waals surface area contributed by atoms with Gasteiger partial charge in [0.2, 0.25) is 0 Å². The Hall–Kier alpha value is -1.05. The number of aromatic amines is 1. The molecule has 0 bridgehead atoms. The summed E-state index contributed by atoms with van der Waals surface area (Å²) >= 11 is 0. The molecule has 0 atom stereocenters. The highest BCUT2D eigenvalue weighted by Crippen LogP contribution is 1.92. The average Bonchev–Trinajstić information content (AvgIpc) is 2.18. The second-order valence-corrected chi connectivity index (χ2v) is 2.19. The molecular formula is C11H21NO. The summed E-state index contributed by atoms with van der Waals surface area (Å²) in [5.41, 5.74) is 1.86. The molecule has 0 amide bonds. The van der Waals surface area contributed by atoms with E-state index in [4.69, 9.17) is 0 Å². The molecule has 0 aliphatic rings. The summed E-state index contributed by atoms with van der Waals surface area (Å²) in [5, 5.41) is 0. The average molecular weight is 183 g/mol. The van der Waals surface area contributed by atoms with Gasteiger partial charge in [-0.3, -0.25) is 4.79 Å². The summed E-state index contributed by atoms with van der Waals surface area (Å²) in [6, 6.07) is 1.86. The van der Waals surface area contributed by atoms with E-state index in [0.29, 0.717) is 0 Å². The van der Waals surface area contributed by atoms with Crippen LogP contribution in [0.4, 0.5) is 0 Å². The summed E-state index contributed by atoms with van der Waals surface area (Å²) in [6.45, 7) is 11.7. The van der Waals surface area contributed by atoms with Crippen LogP contribution in [-0.2, 0) is 0 Å². The van der Waals surface area contributed by atoms with E-state index in [9.17, 15) is 4.79 Å². The van der Waals surface area contributed by atoms with Crippen LogP contribution >= 0.6 is 0 Å². The molecule has 2 nitrogen and oxygen atoms in total. The molecule has 76 valence electrons. The lowest BCUT2D eigenvalue weighted by atomic mass is 10.2. The molecule has 0 aliphatic carbocycles. The normalized spacial score (nSPS) is 7.54. The van der Waals surface area contributed by atoms with E-state index >= 15 is 0 Å². The zero-order chi connectivity index (χ0) is 10.9. The van der Waals surface area contributed by atoms with Crippen LogP contribution in [0.1, 0.15) is 38.8 Å². The van der Waals surface area contributed by atoms with Crippen molar-refractivity contribution in [3.63, 3.8) is 0 Å². The second kappa shape index (κ2) is 9.04.